The highest BCUT2D eigenvalue weighted by atomic mass is 16.3. The van der Waals surface area contributed by atoms with Crippen molar-refractivity contribution in [1.82, 2.24) is 0 Å². The third kappa shape index (κ3) is 4.08. The van der Waals surface area contributed by atoms with Gasteiger partial charge in [-0.1, -0.05) is 83.3 Å². The second-order valence-corrected chi connectivity index (χ2v) is 7.72. The molecule has 0 heterocycles. The molecular weight excluding hydrogens is 320 g/mol. The summed E-state index contributed by atoms with van der Waals surface area (Å²) in [7, 11) is 0. The smallest absolute Gasteiger partial charge is 0.115 e. The van der Waals surface area contributed by atoms with Gasteiger partial charge in [0, 0.05) is 10.8 Å². The minimum absolute atomic E-state index is 0.0212. The van der Waals surface area contributed by atoms with Crippen LogP contribution in [0.2, 0.25) is 0 Å². The van der Waals surface area contributed by atoms with Crippen LogP contribution < -0.4 is 0 Å². The van der Waals surface area contributed by atoms with Crippen molar-refractivity contribution in [2.45, 2.75) is 38.5 Å². The Morgan fingerprint density at radius 1 is 0.769 bits per heavy atom. The van der Waals surface area contributed by atoms with E-state index in [4.69, 9.17) is 0 Å². The van der Waals surface area contributed by atoms with E-state index in [1.165, 1.54) is 5.56 Å². The fourth-order valence-corrected chi connectivity index (χ4v) is 2.94. The molecule has 2 aromatic rings. The molecule has 2 heteroatoms. The Hall–Kier alpha value is -2.74. The Labute approximate surface area is 156 Å². The molecule has 136 valence electrons. The predicted octanol–water partition coefficient (Wildman–Crippen LogP) is 6.18. The number of phenolic OH excluding ortho intramolecular Hbond substituents is 1. The van der Waals surface area contributed by atoms with Gasteiger partial charge in [-0.2, -0.15) is 0 Å². The van der Waals surface area contributed by atoms with Gasteiger partial charge in [0.2, 0.25) is 0 Å². The Morgan fingerprint density at radius 3 is 1.65 bits per heavy atom. The van der Waals surface area contributed by atoms with E-state index in [9.17, 15) is 10.2 Å². The molecule has 0 unspecified atom stereocenters. The lowest BCUT2D eigenvalue weighted by Crippen LogP contribution is -2.21. The Morgan fingerprint density at radius 2 is 1.19 bits per heavy atom. The van der Waals surface area contributed by atoms with Gasteiger partial charge < -0.3 is 10.2 Å². The summed E-state index contributed by atoms with van der Waals surface area (Å²) in [6.45, 7) is 16.2. The van der Waals surface area contributed by atoms with Gasteiger partial charge in [0.25, 0.3) is 0 Å². The summed E-state index contributed by atoms with van der Waals surface area (Å²) in [6.07, 6.45) is 3.36. The minimum atomic E-state index is -0.257. The molecule has 0 fully saturated rings. The molecule has 0 radical (unpaired) electrons. The first-order chi connectivity index (χ1) is 12.0. The van der Waals surface area contributed by atoms with Gasteiger partial charge in [0.1, 0.15) is 11.5 Å². The fourth-order valence-electron chi connectivity index (χ4n) is 2.94. The van der Waals surface area contributed by atoms with Crippen molar-refractivity contribution < 1.29 is 10.2 Å². The maximum atomic E-state index is 9.51. The molecule has 0 atom stereocenters. The molecule has 0 aliphatic heterocycles. The minimum Gasteiger partial charge on any atom is -0.509 e. The van der Waals surface area contributed by atoms with E-state index in [2.05, 4.69) is 65.1 Å². The van der Waals surface area contributed by atoms with Crippen molar-refractivity contribution in [3.05, 3.63) is 102 Å². The zero-order valence-corrected chi connectivity index (χ0v) is 16.1. The van der Waals surface area contributed by atoms with Crippen molar-refractivity contribution in [3.8, 4) is 5.75 Å². The monoisotopic (exact) mass is 348 g/mol. The van der Waals surface area contributed by atoms with Gasteiger partial charge >= 0.3 is 0 Å². The number of aliphatic hydroxyl groups excluding tert-OH is 1. The predicted molar refractivity (Wildman–Crippen MR) is 110 cm³/mol. The quantitative estimate of drug-likeness (QED) is 0.483. The number of hydrogen-bond acceptors (Lipinski definition) is 2. The molecule has 2 N–H and O–H groups in total. The number of hydrogen-bond donors (Lipinski definition) is 2. The third-order valence-electron chi connectivity index (χ3n) is 5.20. The van der Waals surface area contributed by atoms with Crippen LogP contribution in [-0.2, 0) is 10.8 Å². The zero-order chi connectivity index (χ0) is 19.5. The fraction of sp³-hybridized carbons (Fsp3) is 0.250. The average molecular weight is 348 g/mol. The van der Waals surface area contributed by atoms with Crippen LogP contribution in [0.15, 0.2) is 85.2 Å². The van der Waals surface area contributed by atoms with Crippen molar-refractivity contribution in [2.75, 3.05) is 0 Å². The highest BCUT2D eigenvalue weighted by Gasteiger charge is 2.26. The van der Waals surface area contributed by atoms with Crippen molar-refractivity contribution >= 4 is 0 Å². The topological polar surface area (TPSA) is 40.5 Å². The molecule has 2 aromatic carbocycles. The molecule has 0 amide bonds. The molecule has 0 aromatic heterocycles. The molecular formula is C24H28O2. The zero-order valence-electron chi connectivity index (χ0n) is 16.1. The number of aromatic hydroxyl groups is 1. The molecule has 26 heavy (non-hydrogen) atoms. The second-order valence-electron chi connectivity index (χ2n) is 7.72. The molecule has 0 aliphatic carbocycles. The lowest BCUT2D eigenvalue weighted by Gasteiger charge is -2.29. The van der Waals surface area contributed by atoms with Crippen LogP contribution in [0, 0.1) is 0 Å². The normalized spacial score (nSPS) is 12.3. The van der Waals surface area contributed by atoms with E-state index in [-0.39, 0.29) is 22.3 Å². The van der Waals surface area contributed by atoms with E-state index in [1.54, 1.807) is 24.3 Å². The average Bonchev–Trinajstić information content (AvgIpc) is 2.60. The van der Waals surface area contributed by atoms with E-state index < -0.39 is 0 Å². The number of benzene rings is 2. The maximum Gasteiger partial charge on any atom is 0.115 e. The molecule has 2 nitrogen and oxygen atoms in total. The summed E-state index contributed by atoms with van der Waals surface area (Å²) in [5.41, 5.74) is 3.98. The van der Waals surface area contributed by atoms with Gasteiger partial charge in [-0.25, -0.2) is 0 Å². The number of phenols is 1. The van der Waals surface area contributed by atoms with Gasteiger partial charge in [-0.3, -0.25) is 0 Å². The molecule has 0 aliphatic rings. The van der Waals surface area contributed by atoms with E-state index in [0.717, 1.165) is 16.7 Å². The van der Waals surface area contributed by atoms with Crippen LogP contribution in [0.5, 0.6) is 5.75 Å². The maximum absolute atomic E-state index is 9.51. The molecule has 0 saturated carbocycles. The van der Waals surface area contributed by atoms with Gasteiger partial charge in [0.15, 0.2) is 0 Å². The SMILES string of the molecule is C=C(O)/C=C\C(=C)C(C)(C)c1ccc(C(C)(C)c2ccc(O)cc2)cc1. The Bertz CT molecular complexity index is 820. The third-order valence-corrected chi connectivity index (χ3v) is 5.20. The molecule has 2 rings (SSSR count). The van der Waals surface area contributed by atoms with E-state index in [0.29, 0.717) is 0 Å². The molecule has 0 saturated heterocycles. The summed E-state index contributed by atoms with van der Waals surface area (Å²) in [6, 6.07) is 15.9. The van der Waals surface area contributed by atoms with Gasteiger partial charge in [0.05, 0.1) is 0 Å². The lowest BCUT2D eigenvalue weighted by molar-refractivity contribution is 0.435. The summed E-state index contributed by atoms with van der Waals surface area (Å²) < 4.78 is 0. The highest BCUT2D eigenvalue weighted by molar-refractivity contribution is 5.44. The lowest BCUT2D eigenvalue weighted by atomic mass is 9.74. The van der Waals surface area contributed by atoms with Crippen molar-refractivity contribution in [2.24, 2.45) is 0 Å². The first kappa shape index (κ1) is 19.6. The van der Waals surface area contributed by atoms with Crippen LogP contribution >= 0.6 is 0 Å². The summed E-state index contributed by atoms with van der Waals surface area (Å²) in [5.74, 6) is 0.298. The van der Waals surface area contributed by atoms with Crippen molar-refractivity contribution in [3.63, 3.8) is 0 Å². The molecule has 0 bridgehead atoms. The van der Waals surface area contributed by atoms with E-state index in [1.807, 2.05) is 12.1 Å². The molecule has 0 spiro atoms. The summed E-state index contributed by atoms with van der Waals surface area (Å²) in [5, 5.41) is 18.8. The standard InChI is InChI=1S/C24H28O2/c1-17(7-8-18(2)25)23(3,4)19-9-11-20(12-10-19)24(5,6)21-13-15-22(26)16-14-21/h7-16,25-26H,1-2H2,3-6H3/b8-7-. The van der Waals surface area contributed by atoms with Crippen LogP contribution in [-0.4, -0.2) is 10.2 Å². The Kier molecular flexibility index (Phi) is 5.46. The first-order valence-corrected chi connectivity index (χ1v) is 8.71. The van der Waals surface area contributed by atoms with E-state index >= 15 is 0 Å². The van der Waals surface area contributed by atoms with Crippen molar-refractivity contribution in [1.29, 1.82) is 0 Å². The number of aliphatic hydroxyl groups is 1. The van der Waals surface area contributed by atoms with Crippen LogP contribution in [0.4, 0.5) is 0 Å². The highest BCUT2D eigenvalue weighted by Crippen LogP contribution is 2.36. The first-order valence-electron chi connectivity index (χ1n) is 8.71. The second kappa shape index (κ2) is 7.25. The van der Waals surface area contributed by atoms with Crippen LogP contribution in [0.1, 0.15) is 44.4 Å². The van der Waals surface area contributed by atoms with Gasteiger partial charge in [-0.05, 0) is 40.5 Å². The Balaban J connectivity index is 2.30. The van der Waals surface area contributed by atoms with Gasteiger partial charge in [-0.15, -0.1) is 0 Å². The summed E-state index contributed by atoms with van der Waals surface area (Å²) in [4.78, 5) is 0. The van der Waals surface area contributed by atoms with Crippen LogP contribution in [0.3, 0.4) is 0 Å². The van der Waals surface area contributed by atoms with Crippen LogP contribution in [0.25, 0.3) is 0 Å². The summed E-state index contributed by atoms with van der Waals surface area (Å²) >= 11 is 0. The number of rotatable bonds is 6. The number of allylic oxidation sites excluding steroid dienone is 3. The largest absolute Gasteiger partial charge is 0.509 e.